The lowest BCUT2D eigenvalue weighted by Crippen LogP contribution is -2.56. The minimum absolute atomic E-state index is 0.155. The van der Waals surface area contributed by atoms with E-state index in [9.17, 15) is 9.59 Å². The Hall–Kier alpha value is -3.71. The summed E-state index contributed by atoms with van der Waals surface area (Å²) in [6, 6.07) is 18.2. The highest BCUT2D eigenvalue weighted by Crippen LogP contribution is 2.39. The van der Waals surface area contributed by atoms with Crippen LogP contribution in [0.2, 0.25) is 5.02 Å². The Labute approximate surface area is 197 Å². The maximum Gasteiger partial charge on any atom is 0.255 e. The smallest absolute Gasteiger partial charge is 0.255 e. The van der Waals surface area contributed by atoms with E-state index in [4.69, 9.17) is 25.8 Å². The quantitative estimate of drug-likeness (QED) is 0.535. The van der Waals surface area contributed by atoms with Crippen molar-refractivity contribution in [1.82, 2.24) is 0 Å². The second-order valence-electron chi connectivity index (χ2n) is 7.38. The minimum atomic E-state index is -0.894. The first-order valence-corrected chi connectivity index (χ1v) is 10.6. The van der Waals surface area contributed by atoms with Crippen LogP contribution in [0, 0.1) is 0 Å². The van der Waals surface area contributed by atoms with Crippen molar-refractivity contribution in [1.29, 1.82) is 0 Å². The van der Waals surface area contributed by atoms with Crippen LogP contribution in [-0.4, -0.2) is 39.7 Å². The van der Waals surface area contributed by atoms with E-state index in [2.05, 4.69) is 0 Å². The molecule has 0 unspecified atom stereocenters. The molecule has 1 saturated heterocycles. The highest BCUT2D eigenvalue weighted by molar-refractivity contribution is 6.30. The highest BCUT2D eigenvalue weighted by atomic mass is 35.5. The number of ether oxygens (including phenoxy) is 3. The van der Waals surface area contributed by atoms with Gasteiger partial charge in [-0.2, -0.15) is 0 Å². The average molecular weight is 467 g/mol. The van der Waals surface area contributed by atoms with Crippen LogP contribution in [0.25, 0.3) is 0 Å². The molecule has 7 nitrogen and oxygen atoms in total. The molecule has 1 aliphatic rings. The van der Waals surface area contributed by atoms with Crippen LogP contribution >= 0.6 is 11.6 Å². The number of anilines is 2. The van der Waals surface area contributed by atoms with Crippen molar-refractivity contribution in [3.63, 3.8) is 0 Å². The lowest BCUT2D eigenvalue weighted by molar-refractivity contribution is -0.128. The van der Waals surface area contributed by atoms with Gasteiger partial charge in [-0.15, -0.1) is 0 Å². The number of methoxy groups -OCH3 is 3. The number of amides is 2. The number of carbonyl (C=O) groups excluding carboxylic acids is 2. The fourth-order valence-electron chi connectivity index (χ4n) is 3.88. The van der Waals surface area contributed by atoms with Crippen LogP contribution in [0.3, 0.4) is 0 Å². The van der Waals surface area contributed by atoms with Crippen molar-refractivity contribution in [2.45, 2.75) is 6.04 Å². The summed E-state index contributed by atoms with van der Waals surface area (Å²) >= 11 is 6.05. The largest absolute Gasteiger partial charge is 0.497 e. The van der Waals surface area contributed by atoms with Crippen LogP contribution in [-0.2, 0) is 9.59 Å². The molecule has 2 amide bonds. The average Bonchev–Trinajstić information content (AvgIpc) is 2.85. The number of nitrogens with zero attached hydrogens (tertiary/aromatic N) is 2. The van der Waals surface area contributed by atoms with Crippen molar-refractivity contribution in [3.05, 3.63) is 77.3 Å². The Bertz CT molecular complexity index is 1160. The van der Waals surface area contributed by atoms with Gasteiger partial charge in [0.05, 0.1) is 27.0 Å². The monoisotopic (exact) mass is 466 g/mol. The molecule has 3 aromatic carbocycles. The molecule has 0 radical (unpaired) electrons. The number of halogens is 1. The van der Waals surface area contributed by atoms with E-state index in [-0.39, 0.29) is 18.4 Å². The molecule has 33 heavy (non-hydrogen) atoms. The summed E-state index contributed by atoms with van der Waals surface area (Å²) in [6.07, 6.45) is 0. The molecular formula is C25H23ClN2O5. The number of hydrogen-bond donors (Lipinski definition) is 0. The predicted molar refractivity (Wildman–Crippen MR) is 127 cm³/mol. The topological polar surface area (TPSA) is 68.3 Å². The standard InChI is InChI=1S/C25H23ClN2O5/c1-31-19-10-4-16(5-11-19)24-25(30)27(21-14-20(32-2)12-13-22(21)33-3)15-23(29)28(24)18-8-6-17(26)7-9-18/h4-14,24H,15H2,1-3H3/t24-/m0/s1. The van der Waals surface area contributed by atoms with Crippen molar-refractivity contribution >= 4 is 34.8 Å². The summed E-state index contributed by atoms with van der Waals surface area (Å²) in [4.78, 5) is 30.3. The maximum atomic E-state index is 13.9. The van der Waals surface area contributed by atoms with Gasteiger partial charge in [0.15, 0.2) is 0 Å². The van der Waals surface area contributed by atoms with Gasteiger partial charge in [0.1, 0.15) is 29.8 Å². The summed E-state index contributed by atoms with van der Waals surface area (Å²) in [7, 11) is 4.63. The fourth-order valence-corrected chi connectivity index (χ4v) is 4.00. The van der Waals surface area contributed by atoms with Crippen LogP contribution in [0.15, 0.2) is 66.7 Å². The molecule has 0 aliphatic carbocycles. The zero-order valence-electron chi connectivity index (χ0n) is 18.4. The third-order valence-electron chi connectivity index (χ3n) is 5.53. The Morgan fingerprint density at radius 2 is 1.45 bits per heavy atom. The number of rotatable bonds is 6. The highest BCUT2D eigenvalue weighted by Gasteiger charge is 2.42. The maximum absolute atomic E-state index is 13.9. The van der Waals surface area contributed by atoms with Gasteiger partial charge in [-0.05, 0) is 54.1 Å². The summed E-state index contributed by atoms with van der Waals surface area (Å²) < 4.78 is 16.1. The molecule has 170 valence electrons. The molecule has 3 aromatic rings. The Kier molecular flexibility index (Phi) is 6.42. The van der Waals surface area contributed by atoms with Crippen molar-refractivity contribution < 1.29 is 23.8 Å². The Morgan fingerprint density at radius 1 is 0.818 bits per heavy atom. The molecule has 1 aliphatic heterocycles. The van der Waals surface area contributed by atoms with E-state index < -0.39 is 6.04 Å². The Morgan fingerprint density at radius 3 is 2.06 bits per heavy atom. The lowest BCUT2D eigenvalue weighted by atomic mass is 9.99. The summed E-state index contributed by atoms with van der Waals surface area (Å²) in [5.41, 5.74) is 1.69. The van der Waals surface area contributed by atoms with Crippen molar-refractivity contribution in [2.75, 3.05) is 37.7 Å². The van der Waals surface area contributed by atoms with Gasteiger partial charge in [-0.3, -0.25) is 19.4 Å². The summed E-state index contributed by atoms with van der Waals surface area (Å²) in [5, 5.41) is 0.540. The summed E-state index contributed by atoms with van der Waals surface area (Å²) in [5.74, 6) is 1.14. The molecule has 1 fully saturated rings. The second-order valence-corrected chi connectivity index (χ2v) is 7.81. The number of hydrogen-bond acceptors (Lipinski definition) is 5. The van der Waals surface area contributed by atoms with Gasteiger partial charge >= 0.3 is 0 Å². The second kappa shape index (κ2) is 9.42. The third kappa shape index (κ3) is 4.32. The van der Waals surface area contributed by atoms with E-state index in [1.165, 1.54) is 24.0 Å². The molecular weight excluding hydrogens is 444 g/mol. The molecule has 8 heteroatoms. The zero-order chi connectivity index (χ0) is 23.5. The van der Waals surface area contributed by atoms with E-state index in [1.54, 1.807) is 73.8 Å². The fraction of sp³-hybridized carbons (Fsp3) is 0.200. The number of piperazine rings is 1. The molecule has 0 N–H and O–H groups in total. The van der Waals surface area contributed by atoms with Gasteiger partial charge in [0.25, 0.3) is 5.91 Å². The molecule has 1 heterocycles. The SMILES string of the molecule is COc1ccc([C@H]2C(=O)N(c3cc(OC)ccc3OC)CC(=O)N2c2ccc(Cl)cc2)cc1. The van der Waals surface area contributed by atoms with Gasteiger partial charge in [-0.25, -0.2) is 0 Å². The van der Waals surface area contributed by atoms with E-state index in [0.29, 0.717) is 39.2 Å². The van der Waals surface area contributed by atoms with E-state index in [0.717, 1.165) is 0 Å². The van der Waals surface area contributed by atoms with Gasteiger partial charge < -0.3 is 14.2 Å². The Balaban J connectivity index is 1.83. The number of benzene rings is 3. The van der Waals surface area contributed by atoms with E-state index >= 15 is 0 Å². The first-order chi connectivity index (χ1) is 16.0. The molecule has 0 saturated carbocycles. The lowest BCUT2D eigenvalue weighted by Gasteiger charge is -2.40. The van der Waals surface area contributed by atoms with Crippen LogP contribution < -0.4 is 24.0 Å². The van der Waals surface area contributed by atoms with Gasteiger partial charge in [-0.1, -0.05) is 23.7 Å². The molecule has 0 bridgehead atoms. The first kappa shape index (κ1) is 22.5. The first-order valence-electron chi connectivity index (χ1n) is 10.2. The van der Waals surface area contributed by atoms with Crippen LogP contribution in [0.4, 0.5) is 11.4 Å². The predicted octanol–water partition coefficient (Wildman–Crippen LogP) is 4.49. The van der Waals surface area contributed by atoms with Crippen LogP contribution in [0.1, 0.15) is 11.6 Å². The number of carbonyl (C=O) groups is 2. The van der Waals surface area contributed by atoms with E-state index in [1.807, 2.05) is 0 Å². The van der Waals surface area contributed by atoms with Crippen molar-refractivity contribution in [3.8, 4) is 17.2 Å². The minimum Gasteiger partial charge on any atom is -0.497 e. The normalized spacial score (nSPS) is 16.1. The molecule has 0 spiro atoms. The van der Waals surface area contributed by atoms with Gasteiger partial charge in [0, 0.05) is 16.8 Å². The van der Waals surface area contributed by atoms with Gasteiger partial charge in [0.2, 0.25) is 5.91 Å². The molecule has 4 rings (SSSR count). The van der Waals surface area contributed by atoms with Crippen molar-refractivity contribution in [2.24, 2.45) is 0 Å². The summed E-state index contributed by atoms with van der Waals surface area (Å²) in [6.45, 7) is -0.155. The van der Waals surface area contributed by atoms with Crippen LogP contribution in [0.5, 0.6) is 17.2 Å². The third-order valence-corrected chi connectivity index (χ3v) is 5.79. The molecule has 1 atom stereocenters. The molecule has 0 aromatic heterocycles. The zero-order valence-corrected chi connectivity index (χ0v) is 19.2.